The summed E-state index contributed by atoms with van der Waals surface area (Å²) >= 11 is 3.48. The van der Waals surface area contributed by atoms with Gasteiger partial charge in [-0.25, -0.2) is 4.39 Å². The summed E-state index contributed by atoms with van der Waals surface area (Å²) in [5.41, 5.74) is 15.4. The molecule has 1 aromatic heterocycles. The van der Waals surface area contributed by atoms with Crippen molar-refractivity contribution in [1.29, 1.82) is 0 Å². The molecule has 0 fully saturated rings. The Morgan fingerprint density at radius 2 is 1.53 bits per heavy atom. The molecule has 0 unspecified atom stereocenters. The van der Waals surface area contributed by atoms with Gasteiger partial charge in [-0.15, -0.1) is 0 Å². The molecule has 0 aliphatic carbocycles. The summed E-state index contributed by atoms with van der Waals surface area (Å²) in [5.74, 6) is 0.288. The van der Waals surface area contributed by atoms with Crippen LogP contribution in [0.2, 0.25) is 0 Å². The predicted molar refractivity (Wildman–Crippen MR) is 125 cm³/mol. The highest BCUT2D eigenvalue weighted by Crippen LogP contribution is 2.37. The summed E-state index contributed by atoms with van der Waals surface area (Å²) < 4.78 is 34.1. The number of fused-ring (bicyclic) bond motifs is 1. The van der Waals surface area contributed by atoms with Crippen molar-refractivity contribution in [3.8, 4) is 17.1 Å². The lowest BCUT2D eigenvalue weighted by atomic mass is 9.99. The van der Waals surface area contributed by atoms with Crippen molar-refractivity contribution in [2.24, 2.45) is 0 Å². The third kappa shape index (κ3) is 6.73. The van der Waals surface area contributed by atoms with Crippen LogP contribution in [0.1, 0.15) is 0 Å². The van der Waals surface area contributed by atoms with Crippen molar-refractivity contribution >= 4 is 38.3 Å². The summed E-state index contributed by atoms with van der Waals surface area (Å²) in [6, 6.07) is 11.5. The fraction of sp³-hybridized carbons (Fsp3) is 0.364. The van der Waals surface area contributed by atoms with Crippen molar-refractivity contribution in [1.82, 2.24) is 9.97 Å². The molecule has 2 aromatic carbocycles. The van der Waals surface area contributed by atoms with Crippen LogP contribution in [0.25, 0.3) is 22.0 Å². The minimum Gasteiger partial charge on any atom is -0.461 e. The number of benzene rings is 2. The zero-order valence-corrected chi connectivity index (χ0v) is 19.1. The van der Waals surface area contributed by atoms with E-state index in [1.807, 2.05) is 24.3 Å². The predicted octanol–water partition coefficient (Wildman–Crippen LogP) is 3.62. The summed E-state index contributed by atoms with van der Waals surface area (Å²) in [6.45, 7) is 1.79. The van der Waals surface area contributed by atoms with E-state index in [0.717, 1.165) is 15.6 Å². The van der Waals surface area contributed by atoms with Crippen LogP contribution in [0.15, 0.2) is 40.9 Å². The highest BCUT2D eigenvalue weighted by molar-refractivity contribution is 9.10. The summed E-state index contributed by atoms with van der Waals surface area (Å²) in [5, 5.41) is 0.680. The van der Waals surface area contributed by atoms with Gasteiger partial charge in [0.15, 0.2) is 0 Å². The summed E-state index contributed by atoms with van der Waals surface area (Å²) in [7, 11) is 0. The number of alkyl halides is 1. The minimum absolute atomic E-state index is 0.0945. The van der Waals surface area contributed by atoms with Crippen molar-refractivity contribution in [2.45, 2.75) is 0 Å². The second-order valence-corrected chi connectivity index (χ2v) is 7.62. The quantitative estimate of drug-likeness (QED) is 0.265. The Labute approximate surface area is 194 Å². The molecular weight excluding hydrogens is 483 g/mol. The van der Waals surface area contributed by atoms with Gasteiger partial charge in [-0.2, -0.15) is 9.97 Å². The number of hydrogen-bond acceptors (Lipinski definition) is 8. The molecular formula is C22H26BrFN4O4. The molecule has 8 nitrogen and oxygen atoms in total. The number of anilines is 2. The number of nitrogens with two attached hydrogens (primary N) is 2. The Hall–Kier alpha value is -2.53. The van der Waals surface area contributed by atoms with Crippen LogP contribution in [0, 0.1) is 0 Å². The first kappa shape index (κ1) is 24.1. The van der Waals surface area contributed by atoms with Gasteiger partial charge < -0.3 is 30.4 Å². The average molecular weight is 509 g/mol. The normalized spacial score (nSPS) is 11.2. The maximum Gasteiger partial charge on any atom is 0.319 e. The smallest absolute Gasteiger partial charge is 0.319 e. The molecule has 0 spiro atoms. The molecule has 172 valence electrons. The largest absolute Gasteiger partial charge is 0.461 e. The van der Waals surface area contributed by atoms with Crippen LogP contribution in [0.4, 0.5) is 15.9 Å². The van der Waals surface area contributed by atoms with Gasteiger partial charge in [-0.05, 0) is 29.8 Å². The van der Waals surface area contributed by atoms with E-state index in [0.29, 0.717) is 49.6 Å². The molecule has 0 aliphatic rings. The average Bonchev–Trinajstić information content (AvgIpc) is 2.78. The molecule has 1 heterocycles. The lowest BCUT2D eigenvalue weighted by Crippen LogP contribution is -2.14. The maximum atomic E-state index is 11.9. The van der Waals surface area contributed by atoms with E-state index in [2.05, 4.69) is 25.9 Å². The van der Waals surface area contributed by atoms with Gasteiger partial charge in [0.05, 0.1) is 50.5 Å². The number of halogens is 2. The number of nitrogens with zero attached hydrogens (tertiary/aromatic N) is 2. The molecule has 3 aromatic rings. The lowest BCUT2D eigenvalue weighted by molar-refractivity contribution is 0.00706. The third-order valence-electron chi connectivity index (χ3n) is 4.44. The summed E-state index contributed by atoms with van der Waals surface area (Å²) in [4.78, 5) is 8.76. The Morgan fingerprint density at radius 3 is 2.22 bits per heavy atom. The first-order chi connectivity index (χ1) is 15.6. The van der Waals surface area contributed by atoms with Gasteiger partial charge in [0.2, 0.25) is 0 Å². The van der Waals surface area contributed by atoms with E-state index in [9.17, 15) is 4.39 Å². The van der Waals surface area contributed by atoms with Crippen molar-refractivity contribution < 1.29 is 23.3 Å². The zero-order valence-electron chi connectivity index (χ0n) is 17.6. The first-order valence-electron chi connectivity index (χ1n) is 10.1. The third-order valence-corrected chi connectivity index (χ3v) is 4.93. The molecule has 0 saturated heterocycles. The molecule has 10 heteroatoms. The molecule has 3 rings (SSSR count). The number of nitrogen functional groups attached to an aromatic ring is 2. The number of hydrogen-bond donors (Lipinski definition) is 2. The van der Waals surface area contributed by atoms with E-state index >= 15 is 0 Å². The SMILES string of the molecule is Nc1ccc2nc(OCCOCCOCCOCCF)nc(N)c2c1-c1cccc(Br)c1. The van der Waals surface area contributed by atoms with Gasteiger partial charge in [0, 0.05) is 15.7 Å². The summed E-state index contributed by atoms with van der Waals surface area (Å²) in [6.07, 6.45) is 0. The Kier molecular flexibility index (Phi) is 9.42. The minimum atomic E-state index is -0.490. The lowest BCUT2D eigenvalue weighted by Gasteiger charge is -2.13. The van der Waals surface area contributed by atoms with Gasteiger partial charge >= 0.3 is 6.01 Å². The van der Waals surface area contributed by atoms with Gasteiger partial charge in [-0.1, -0.05) is 28.1 Å². The van der Waals surface area contributed by atoms with E-state index in [-0.39, 0.29) is 25.0 Å². The van der Waals surface area contributed by atoms with Crippen LogP contribution < -0.4 is 16.2 Å². The molecule has 0 bridgehead atoms. The highest BCUT2D eigenvalue weighted by atomic mass is 79.9. The zero-order chi connectivity index (χ0) is 22.8. The second-order valence-electron chi connectivity index (χ2n) is 6.70. The monoisotopic (exact) mass is 508 g/mol. The van der Waals surface area contributed by atoms with Crippen LogP contribution in [0.3, 0.4) is 0 Å². The topological polar surface area (TPSA) is 115 Å². The maximum absolute atomic E-state index is 11.9. The van der Waals surface area contributed by atoms with Crippen molar-refractivity contribution in [3.05, 3.63) is 40.9 Å². The van der Waals surface area contributed by atoms with Crippen molar-refractivity contribution in [3.63, 3.8) is 0 Å². The Morgan fingerprint density at radius 1 is 0.844 bits per heavy atom. The van der Waals surface area contributed by atoms with Gasteiger partial charge in [-0.3, -0.25) is 0 Å². The van der Waals surface area contributed by atoms with Crippen molar-refractivity contribution in [2.75, 3.05) is 64.4 Å². The van der Waals surface area contributed by atoms with Crippen LogP contribution >= 0.6 is 15.9 Å². The van der Waals surface area contributed by atoms with E-state index in [1.54, 1.807) is 12.1 Å². The highest BCUT2D eigenvalue weighted by Gasteiger charge is 2.15. The number of rotatable bonds is 13. The molecule has 4 N–H and O–H groups in total. The Bertz CT molecular complexity index is 1020. The molecule has 0 amide bonds. The number of aromatic nitrogens is 2. The standard InChI is InChI=1S/C22H26BrFN4O4/c23-16-3-1-2-15(14-16)19-17(25)4-5-18-20(19)21(26)28-22(27-18)32-13-12-31-11-10-30-9-8-29-7-6-24/h1-5,14H,6-13,25H2,(H2,26,27,28). The Balaban J connectivity index is 1.54. The fourth-order valence-electron chi connectivity index (χ4n) is 3.06. The number of ether oxygens (including phenoxy) is 4. The van der Waals surface area contributed by atoms with E-state index in [1.165, 1.54) is 0 Å². The molecule has 32 heavy (non-hydrogen) atoms. The fourth-order valence-corrected chi connectivity index (χ4v) is 3.45. The van der Waals surface area contributed by atoms with E-state index in [4.69, 9.17) is 30.4 Å². The molecule has 0 aliphatic heterocycles. The second kappa shape index (κ2) is 12.5. The molecule has 0 saturated carbocycles. The molecule has 0 atom stereocenters. The molecule has 0 radical (unpaired) electrons. The van der Waals surface area contributed by atoms with Crippen LogP contribution in [-0.4, -0.2) is 62.9 Å². The van der Waals surface area contributed by atoms with Crippen LogP contribution in [-0.2, 0) is 14.2 Å². The van der Waals surface area contributed by atoms with Gasteiger partial charge in [0.1, 0.15) is 19.1 Å². The van der Waals surface area contributed by atoms with E-state index < -0.39 is 6.67 Å². The van der Waals surface area contributed by atoms with Gasteiger partial charge in [0.25, 0.3) is 0 Å². The van der Waals surface area contributed by atoms with Crippen LogP contribution in [0.5, 0.6) is 6.01 Å². The first-order valence-corrected chi connectivity index (χ1v) is 10.9.